The standard InChI is InChI=1S/C17H27N3O4/c1-17(2,3)20(16(22)23)13-10-12(8-9-14(13)24-7)19(6)15(21)11-18(4)5/h8-10H,11H2,1-7H3,(H,22,23). The number of carbonyl (C=O) groups excluding carboxylic acids is 1. The summed E-state index contributed by atoms with van der Waals surface area (Å²) in [6.07, 6.45) is -1.08. The highest BCUT2D eigenvalue weighted by Crippen LogP contribution is 2.36. The molecule has 2 amide bonds. The van der Waals surface area contributed by atoms with E-state index in [1.54, 1.807) is 50.9 Å². The van der Waals surface area contributed by atoms with E-state index < -0.39 is 11.6 Å². The minimum Gasteiger partial charge on any atom is -0.495 e. The Labute approximate surface area is 143 Å². The van der Waals surface area contributed by atoms with Crippen molar-refractivity contribution < 1.29 is 19.4 Å². The van der Waals surface area contributed by atoms with Crippen LogP contribution in [0, 0.1) is 0 Å². The van der Waals surface area contributed by atoms with Gasteiger partial charge in [-0.3, -0.25) is 9.69 Å². The lowest BCUT2D eigenvalue weighted by Gasteiger charge is -2.34. The number of amides is 2. The number of carbonyl (C=O) groups is 2. The third kappa shape index (κ3) is 4.61. The molecule has 0 fully saturated rings. The number of ether oxygens (including phenoxy) is 1. The van der Waals surface area contributed by atoms with Gasteiger partial charge in [0.2, 0.25) is 5.91 Å². The summed E-state index contributed by atoms with van der Waals surface area (Å²) < 4.78 is 5.31. The number of hydrogen-bond donors (Lipinski definition) is 1. The Hall–Kier alpha value is -2.28. The number of anilines is 2. The van der Waals surface area contributed by atoms with Crippen LogP contribution in [0.4, 0.5) is 16.2 Å². The maximum absolute atomic E-state index is 12.2. The van der Waals surface area contributed by atoms with Crippen LogP contribution < -0.4 is 14.5 Å². The maximum atomic E-state index is 12.2. The molecule has 0 unspecified atom stereocenters. The van der Waals surface area contributed by atoms with Crippen LogP contribution in [0.25, 0.3) is 0 Å². The number of hydrogen-bond acceptors (Lipinski definition) is 4. The van der Waals surface area contributed by atoms with Crippen molar-refractivity contribution in [1.29, 1.82) is 0 Å². The van der Waals surface area contributed by atoms with E-state index >= 15 is 0 Å². The third-order valence-electron chi connectivity index (χ3n) is 3.48. The second kappa shape index (κ2) is 7.53. The van der Waals surface area contributed by atoms with Gasteiger partial charge in [0, 0.05) is 18.3 Å². The summed E-state index contributed by atoms with van der Waals surface area (Å²) in [6.45, 7) is 5.66. The second-order valence-corrected chi connectivity index (χ2v) is 6.84. The van der Waals surface area contributed by atoms with Crippen molar-refractivity contribution in [2.75, 3.05) is 44.6 Å². The fourth-order valence-electron chi connectivity index (χ4n) is 2.33. The molecular formula is C17H27N3O4. The molecule has 0 saturated carbocycles. The highest BCUT2D eigenvalue weighted by Gasteiger charge is 2.31. The summed E-state index contributed by atoms with van der Waals surface area (Å²) >= 11 is 0. The molecule has 1 rings (SSSR count). The van der Waals surface area contributed by atoms with Gasteiger partial charge < -0.3 is 19.6 Å². The quantitative estimate of drug-likeness (QED) is 0.894. The Morgan fingerprint density at radius 2 is 1.75 bits per heavy atom. The van der Waals surface area contributed by atoms with Gasteiger partial charge >= 0.3 is 6.09 Å². The first-order valence-corrected chi connectivity index (χ1v) is 7.61. The van der Waals surface area contributed by atoms with Crippen LogP contribution in [-0.4, -0.2) is 62.3 Å². The third-order valence-corrected chi connectivity index (χ3v) is 3.48. The summed E-state index contributed by atoms with van der Waals surface area (Å²) in [5, 5.41) is 9.62. The summed E-state index contributed by atoms with van der Waals surface area (Å²) in [5.41, 5.74) is 0.344. The number of methoxy groups -OCH3 is 1. The van der Waals surface area contributed by atoms with Crippen LogP contribution in [0.1, 0.15) is 20.8 Å². The van der Waals surface area contributed by atoms with E-state index in [9.17, 15) is 14.7 Å². The number of nitrogens with zero attached hydrogens (tertiary/aromatic N) is 3. The molecule has 7 heteroatoms. The van der Waals surface area contributed by atoms with E-state index in [0.29, 0.717) is 17.1 Å². The Bertz CT molecular complexity index is 608. The van der Waals surface area contributed by atoms with Gasteiger partial charge in [-0.2, -0.15) is 0 Å². The van der Waals surface area contributed by atoms with Crippen molar-refractivity contribution in [2.45, 2.75) is 26.3 Å². The van der Waals surface area contributed by atoms with Crippen LogP contribution in [-0.2, 0) is 4.79 Å². The minimum atomic E-state index is -1.08. The van der Waals surface area contributed by atoms with Gasteiger partial charge in [0.15, 0.2) is 0 Å². The topological polar surface area (TPSA) is 73.3 Å². The van der Waals surface area contributed by atoms with Gasteiger partial charge in [0.1, 0.15) is 5.75 Å². The van der Waals surface area contributed by atoms with Gasteiger partial charge in [0.25, 0.3) is 0 Å². The molecule has 0 aliphatic rings. The zero-order valence-corrected chi connectivity index (χ0v) is 15.5. The molecule has 0 radical (unpaired) electrons. The van der Waals surface area contributed by atoms with E-state index in [0.717, 1.165) is 0 Å². The number of rotatable bonds is 5. The fraction of sp³-hybridized carbons (Fsp3) is 0.529. The molecule has 24 heavy (non-hydrogen) atoms. The average molecular weight is 337 g/mol. The Morgan fingerprint density at radius 3 is 2.17 bits per heavy atom. The Kier molecular flexibility index (Phi) is 6.20. The molecule has 7 nitrogen and oxygen atoms in total. The van der Waals surface area contributed by atoms with Crippen molar-refractivity contribution in [3.05, 3.63) is 18.2 Å². The number of carboxylic acid groups (broad SMARTS) is 1. The van der Waals surface area contributed by atoms with Crippen LogP contribution in [0.2, 0.25) is 0 Å². The molecule has 1 aromatic rings. The molecule has 1 N–H and O–H groups in total. The highest BCUT2D eigenvalue weighted by atomic mass is 16.5. The zero-order chi connectivity index (χ0) is 18.7. The first kappa shape index (κ1) is 19.8. The molecule has 0 bridgehead atoms. The Balaban J connectivity index is 3.35. The molecule has 0 aliphatic carbocycles. The molecule has 134 valence electrons. The van der Waals surface area contributed by atoms with Crippen LogP contribution in [0.5, 0.6) is 5.75 Å². The molecule has 0 heterocycles. The number of likely N-dealkylation sites (N-methyl/N-ethyl adjacent to an activating group) is 2. The van der Waals surface area contributed by atoms with Crippen LogP contribution >= 0.6 is 0 Å². The highest BCUT2D eigenvalue weighted by molar-refractivity contribution is 5.96. The molecule has 0 aromatic heterocycles. The minimum absolute atomic E-state index is 0.0891. The molecule has 0 spiro atoms. The first-order valence-electron chi connectivity index (χ1n) is 7.61. The van der Waals surface area contributed by atoms with Crippen LogP contribution in [0.15, 0.2) is 18.2 Å². The zero-order valence-electron chi connectivity index (χ0n) is 15.5. The van der Waals surface area contributed by atoms with Gasteiger partial charge in [0.05, 0.1) is 19.3 Å². The smallest absolute Gasteiger partial charge is 0.412 e. The lowest BCUT2D eigenvalue weighted by Crippen LogP contribution is -2.45. The van der Waals surface area contributed by atoms with E-state index in [-0.39, 0.29) is 12.5 Å². The van der Waals surface area contributed by atoms with Crippen molar-refractivity contribution >= 4 is 23.4 Å². The maximum Gasteiger partial charge on any atom is 0.412 e. The summed E-state index contributed by atoms with van der Waals surface area (Å²) in [6, 6.07) is 5.07. The predicted molar refractivity (Wildman–Crippen MR) is 95.2 cm³/mol. The molecule has 0 atom stereocenters. The van der Waals surface area contributed by atoms with E-state index in [4.69, 9.17) is 4.74 Å². The largest absolute Gasteiger partial charge is 0.495 e. The van der Waals surface area contributed by atoms with Gasteiger partial charge in [-0.1, -0.05) is 0 Å². The summed E-state index contributed by atoms with van der Waals surface area (Å²) in [5.74, 6) is 0.346. The average Bonchev–Trinajstić information content (AvgIpc) is 2.43. The molecule has 0 saturated heterocycles. The van der Waals surface area contributed by atoms with E-state index in [1.165, 1.54) is 16.9 Å². The molecule has 0 aliphatic heterocycles. The van der Waals surface area contributed by atoms with Crippen molar-refractivity contribution in [3.8, 4) is 5.75 Å². The number of benzene rings is 1. The normalized spacial score (nSPS) is 11.3. The van der Waals surface area contributed by atoms with Crippen molar-refractivity contribution in [3.63, 3.8) is 0 Å². The van der Waals surface area contributed by atoms with Gasteiger partial charge in [-0.15, -0.1) is 0 Å². The van der Waals surface area contributed by atoms with E-state index in [1.807, 2.05) is 14.1 Å². The monoisotopic (exact) mass is 337 g/mol. The van der Waals surface area contributed by atoms with Gasteiger partial charge in [-0.05, 0) is 53.1 Å². The summed E-state index contributed by atoms with van der Waals surface area (Å²) in [4.78, 5) is 28.5. The SMILES string of the molecule is COc1ccc(N(C)C(=O)CN(C)C)cc1N(C(=O)O)C(C)(C)C. The summed E-state index contributed by atoms with van der Waals surface area (Å²) in [7, 11) is 6.79. The van der Waals surface area contributed by atoms with Gasteiger partial charge in [-0.25, -0.2) is 4.79 Å². The van der Waals surface area contributed by atoms with Crippen molar-refractivity contribution in [1.82, 2.24) is 4.90 Å². The fourth-order valence-corrected chi connectivity index (χ4v) is 2.33. The Morgan fingerprint density at radius 1 is 1.17 bits per heavy atom. The van der Waals surface area contributed by atoms with E-state index in [2.05, 4.69) is 0 Å². The van der Waals surface area contributed by atoms with Crippen LogP contribution in [0.3, 0.4) is 0 Å². The predicted octanol–water partition coefficient (Wildman–Crippen LogP) is 2.50. The molecule has 1 aromatic carbocycles. The van der Waals surface area contributed by atoms with Crippen molar-refractivity contribution in [2.24, 2.45) is 0 Å². The second-order valence-electron chi connectivity index (χ2n) is 6.84. The molecular weight excluding hydrogens is 310 g/mol. The lowest BCUT2D eigenvalue weighted by atomic mass is 10.0. The first-order chi connectivity index (χ1) is 11.0. The lowest BCUT2D eigenvalue weighted by molar-refractivity contribution is -0.118.